The minimum absolute atomic E-state index is 0.0689. The first-order chi connectivity index (χ1) is 30.5. The van der Waals surface area contributed by atoms with Gasteiger partial charge in [0.1, 0.15) is 6.10 Å². The van der Waals surface area contributed by atoms with Gasteiger partial charge >= 0.3 is 12.0 Å². The molecule has 2 aliphatic heterocycles. The molecule has 0 atom stereocenters. The molecular formula is C38H36F4N12O8S2. The van der Waals surface area contributed by atoms with Crippen molar-refractivity contribution in [3.8, 4) is 22.9 Å². The molecule has 4 aliphatic rings. The Labute approximate surface area is 361 Å². The molecule has 2 saturated heterocycles. The minimum atomic E-state index is -4.01. The molecule has 0 saturated carbocycles. The molecule has 0 spiro atoms. The second-order valence-corrected chi connectivity index (χ2v) is 18.9. The summed E-state index contributed by atoms with van der Waals surface area (Å²) in [6.45, 7) is 1.42. The number of rotatable bonds is 12. The second kappa shape index (κ2) is 17.0. The predicted molar refractivity (Wildman–Crippen MR) is 217 cm³/mol. The first-order valence-electron chi connectivity index (χ1n) is 19.6. The van der Waals surface area contributed by atoms with Crippen molar-refractivity contribution < 1.29 is 52.0 Å². The molecule has 2 fully saturated rings. The van der Waals surface area contributed by atoms with E-state index in [9.17, 15) is 34.4 Å². The van der Waals surface area contributed by atoms with Crippen LogP contribution in [0.5, 0.6) is 0 Å². The lowest BCUT2D eigenvalue weighted by molar-refractivity contribution is 0.171. The van der Waals surface area contributed by atoms with Gasteiger partial charge in [-0.2, -0.15) is 16.8 Å². The molecule has 10 rings (SSSR count). The molecule has 2 aromatic carbocycles. The van der Waals surface area contributed by atoms with E-state index in [-0.39, 0.29) is 47.6 Å². The number of nitrogens with one attached hydrogen (secondary N) is 2. The third-order valence-electron chi connectivity index (χ3n) is 10.7. The number of nitrogens with zero attached hydrogens (tertiary/aromatic N) is 10. The molecule has 6 heterocycles. The van der Waals surface area contributed by atoms with Gasteiger partial charge < -0.3 is 29.3 Å². The molecule has 6 aromatic rings. The van der Waals surface area contributed by atoms with Crippen molar-refractivity contribution in [3.05, 3.63) is 94.6 Å². The number of halogens is 4. The number of hydrogen-bond acceptors (Lipinski definition) is 19. The molecule has 0 amide bonds. The highest BCUT2D eigenvalue weighted by Crippen LogP contribution is 2.31. The normalized spacial score (nSPS) is 16.8. The van der Waals surface area contributed by atoms with Crippen LogP contribution in [-0.2, 0) is 50.1 Å². The van der Waals surface area contributed by atoms with Crippen LogP contribution in [-0.4, -0.2) is 118 Å². The van der Waals surface area contributed by atoms with Crippen LogP contribution in [0.4, 0.5) is 41.5 Å². The van der Waals surface area contributed by atoms with Crippen molar-refractivity contribution in [1.82, 2.24) is 40.3 Å². The van der Waals surface area contributed by atoms with E-state index < -0.39 is 49.6 Å². The van der Waals surface area contributed by atoms with E-state index in [1.54, 1.807) is 9.80 Å². The SMILES string of the molecule is CS(=O)(=O)OC1CN(c2nnc(-c3cnc(NC4Cc5cc(F)c(F)cc5C4)nc3)o2)C1.O=S(=O)(O)CC1CN(c2nnc(-c3cnc(NC4Cc5cc(F)c(F)cc5C4)nc3)o2)C1. The summed E-state index contributed by atoms with van der Waals surface area (Å²) in [4.78, 5) is 20.4. The number of fused-ring (bicyclic) bond motifs is 2. The molecule has 4 aromatic heterocycles. The number of benzene rings is 2. The van der Waals surface area contributed by atoms with Crippen LogP contribution in [0.1, 0.15) is 22.3 Å². The maximum Gasteiger partial charge on any atom is 0.318 e. The highest BCUT2D eigenvalue weighted by molar-refractivity contribution is 7.86. The number of hydrogen-bond donors (Lipinski definition) is 3. The molecular weight excluding hydrogens is 893 g/mol. The molecule has 26 heteroatoms. The van der Waals surface area contributed by atoms with Crippen molar-refractivity contribution in [2.45, 2.75) is 43.9 Å². The van der Waals surface area contributed by atoms with E-state index >= 15 is 0 Å². The summed E-state index contributed by atoms with van der Waals surface area (Å²) < 4.78 is 123. The highest BCUT2D eigenvalue weighted by Gasteiger charge is 2.35. The van der Waals surface area contributed by atoms with E-state index in [2.05, 4.69) is 51.0 Å². The fourth-order valence-corrected chi connectivity index (χ4v) is 9.19. The van der Waals surface area contributed by atoms with Crippen molar-refractivity contribution in [2.75, 3.05) is 58.6 Å². The van der Waals surface area contributed by atoms with E-state index in [1.165, 1.54) is 49.1 Å². The smallest absolute Gasteiger partial charge is 0.318 e. The van der Waals surface area contributed by atoms with Crippen molar-refractivity contribution in [3.63, 3.8) is 0 Å². The lowest BCUT2D eigenvalue weighted by Gasteiger charge is -2.36. The molecule has 0 bridgehead atoms. The maximum atomic E-state index is 13.4. The zero-order chi connectivity index (χ0) is 44.9. The Bertz CT molecular complexity index is 2660. The summed E-state index contributed by atoms with van der Waals surface area (Å²) >= 11 is 0. The van der Waals surface area contributed by atoms with Gasteiger partial charge in [-0.25, -0.2) is 37.5 Å². The quantitative estimate of drug-likeness (QED) is 0.0904. The lowest BCUT2D eigenvalue weighted by atomic mass is 10.0. The van der Waals surface area contributed by atoms with Gasteiger partial charge in [0.2, 0.25) is 11.9 Å². The Morgan fingerprint density at radius 1 is 0.641 bits per heavy atom. The Hall–Kier alpha value is -6.38. The fourth-order valence-electron chi connectivity index (χ4n) is 7.77. The largest absolute Gasteiger partial charge is 0.403 e. The first-order valence-corrected chi connectivity index (χ1v) is 23.0. The van der Waals surface area contributed by atoms with Crippen LogP contribution in [0.3, 0.4) is 0 Å². The third-order valence-corrected chi connectivity index (χ3v) is 12.3. The van der Waals surface area contributed by atoms with Gasteiger partial charge in [0.25, 0.3) is 32.0 Å². The lowest BCUT2D eigenvalue weighted by Crippen LogP contribution is -2.53. The molecule has 0 radical (unpaired) electrons. The van der Waals surface area contributed by atoms with E-state index in [0.29, 0.717) is 74.9 Å². The van der Waals surface area contributed by atoms with Gasteiger partial charge in [-0.1, -0.05) is 10.2 Å². The van der Waals surface area contributed by atoms with Crippen LogP contribution >= 0.6 is 0 Å². The van der Waals surface area contributed by atoms with Crippen molar-refractivity contribution >= 4 is 44.2 Å². The van der Waals surface area contributed by atoms with Gasteiger partial charge in [-0.15, -0.1) is 10.2 Å². The summed E-state index contributed by atoms with van der Waals surface area (Å²) in [7, 11) is -7.52. The highest BCUT2D eigenvalue weighted by atomic mass is 32.2. The van der Waals surface area contributed by atoms with Crippen LogP contribution < -0.4 is 20.4 Å². The van der Waals surface area contributed by atoms with Crippen LogP contribution in [0.15, 0.2) is 57.9 Å². The summed E-state index contributed by atoms with van der Waals surface area (Å²) in [6.07, 6.45) is 8.83. The average Bonchev–Trinajstić information content (AvgIpc) is 4.02. The molecule has 64 heavy (non-hydrogen) atoms. The summed E-state index contributed by atoms with van der Waals surface area (Å²) in [5, 5.41) is 22.2. The van der Waals surface area contributed by atoms with Crippen LogP contribution in [0.2, 0.25) is 0 Å². The van der Waals surface area contributed by atoms with E-state index in [0.717, 1.165) is 28.5 Å². The van der Waals surface area contributed by atoms with E-state index in [4.69, 9.17) is 17.6 Å². The van der Waals surface area contributed by atoms with Gasteiger partial charge in [-0.05, 0) is 72.2 Å². The topological polar surface area (TPSA) is 258 Å². The first kappa shape index (κ1) is 42.9. The fraction of sp³-hybridized carbons (Fsp3) is 0.368. The van der Waals surface area contributed by atoms with Gasteiger partial charge in [0, 0.05) is 55.9 Å². The summed E-state index contributed by atoms with van der Waals surface area (Å²) in [5.41, 5.74) is 4.08. The van der Waals surface area contributed by atoms with Gasteiger partial charge in [0.15, 0.2) is 23.3 Å². The van der Waals surface area contributed by atoms with Crippen LogP contribution in [0, 0.1) is 29.2 Å². The van der Waals surface area contributed by atoms with Crippen LogP contribution in [0.25, 0.3) is 22.9 Å². The van der Waals surface area contributed by atoms with Crippen molar-refractivity contribution in [1.29, 1.82) is 0 Å². The standard InChI is InChI=1S/2C19H18F2N6O4S/c20-15-3-11-1-14(2-12(11)4-16(15)21)24-18-22-5-13(6-23-18)17-25-26-19(31-17)27-7-10(8-27)9-32(28,29)30;1-32(28,29)31-14-8-27(9-14)19-26-25-17(30-19)12-6-22-18(23-7-12)24-13-2-10-4-15(20)16(21)5-11(10)3-13/h3-6,10,14H,1-2,7-9H2,(H,22,23,24)(H,28,29,30);4-7,13-14H,2-3,8-9H2,1H3,(H,22,23,24). The monoisotopic (exact) mass is 928 g/mol. The Balaban J connectivity index is 0.000000162. The molecule has 0 unspecified atom stereocenters. The maximum absolute atomic E-state index is 13.4. The number of aromatic nitrogens is 8. The van der Waals surface area contributed by atoms with Gasteiger partial charge in [-0.3, -0.25) is 8.74 Å². The average molecular weight is 929 g/mol. The van der Waals surface area contributed by atoms with Gasteiger partial charge in [0.05, 0.1) is 36.2 Å². The molecule has 336 valence electrons. The Kier molecular flexibility index (Phi) is 11.4. The Morgan fingerprint density at radius 2 is 1.02 bits per heavy atom. The van der Waals surface area contributed by atoms with E-state index in [1.807, 2.05) is 0 Å². The minimum Gasteiger partial charge on any atom is -0.403 e. The summed E-state index contributed by atoms with van der Waals surface area (Å²) in [5.74, 6) is -2.72. The predicted octanol–water partition coefficient (Wildman–Crippen LogP) is 3.26. The molecule has 2 aliphatic carbocycles. The molecule has 3 N–H and O–H groups in total. The Morgan fingerprint density at radius 3 is 1.38 bits per heavy atom. The zero-order valence-corrected chi connectivity index (χ0v) is 35.0. The number of anilines is 4. The third kappa shape index (κ3) is 9.88. The second-order valence-electron chi connectivity index (χ2n) is 15.8. The molecule has 20 nitrogen and oxygen atoms in total. The zero-order valence-electron chi connectivity index (χ0n) is 33.4. The van der Waals surface area contributed by atoms with Crippen molar-refractivity contribution in [2.24, 2.45) is 5.92 Å². The summed E-state index contributed by atoms with van der Waals surface area (Å²) in [6, 6.07) is 5.28.